The predicted octanol–water partition coefficient (Wildman–Crippen LogP) is 5.35. The van der Waals surface area contributed by atoms with Gasteiger partial charge in [-0.1, -0.05) is 26.7 Å². The molecule has 0 heterocycles. The molecule has 154 valence electrons. The number of carbonyl (C=O) groups excluding carboxylic acids is 1. The van der Waals surface area contributed by atoms with Gasteiger partial charge in [0.05, 0.1) is 12.5 Å². The number of hydrogen-bond acceptors (Lipinski definition) is 3. The number of aliphatic hydroxyl groups excluding tert-OH is 1. The normalized spacial score (nSPS) is 46.3. The van der Waals surface area contributed by atoms with Crippen LogP contribution in [0.4, 0.5) is 0 Å². The van der Waals surface area contributed by atoms with E-state index in [2.05, 4.69) is 13.8 Å². The number of carbonyl (C=O) groups is 1. The van der Waals surface area contributed by atoms with Gasteiger partial charge in [-0.05, 0) is 98.7 Å². The first kappa shape index (κ1) is 19.7. The van der Waals surface area contributed by atoms with Crippen LogP contribution in [0.2, 0.25) is 0 Å². The summed E-state index contributed by atoms with van der Waals surface area (Å²) in [6.45, 7) is 5.76. The van der Waals surface area contributed by atoms with Crippen LogP contribution in [0.1, 0.15) is 90.9 Å². The van der Waals surface area contributed by atoms with E-state index in [1.165, 1.54) is 51.4 Å². The number of unbranched alkanes of at least 4 members (excludes halogenated alkanes) is 1. The van der Waals surface area contributed by atoms with Gasteiger partial charge in [0.2, 0.25) is 0 Å². The van der Waals surface area contributed by atoms with Crippen LogP contribution in [0, 0.1) is 40.4 Å². The summed E-state index contributed by atoms with van der Waals surface area (Å²) in [5.74, 6) is 3.59. The van der Waals surface area contributed by atoms with Crippen molar-refractivity contribution in [2.45, 2.75) is 90.9 Å². The fourth-order valence-electron chi connectivity index (χ4n) is 8.04. The minimum Gasteiger partial charge on any atom is -0.465 e. The summed E-state index contributed by atoms with van der Waals surface area (Å²) in [5, 5.41) is 8.89. The third-order valence-electron chi connectivity index (χ3n) is 9.48. The third kappa shape index (κ3) is 3.47. The Labute approximate surface area is 165 Å². The van der Waals surface area contributed by atoms with Gasteiger partial charge < -0.3 is 9.84 Å². The lowest BCUT2D eigenvalue weighted by atomic mass is 9.45. The summed E-state index contributed by atoms with van der Waals surface area (Å²) in [7, 11) is 0. The highest BCUT2D eigenvalue weighted by atomic mass is 16.5. The monoisotopic (exact) mass is 376 g/mol. The Morgan fingerprint density at radius 3 is 2.70 bits per heavy atom. The molecule has 7 atom stereocenters. The van der Waals surface area contributed by atoms with Crippen molar-refractivity contribution in [3.63, 3.8) is 0 Å². The second kappa shape index (κ2) is 7.69. The lowest BCUT2D eigenvalue weighted by Crippen LogP contribution is -2.51. The van der Waals surface area contributed by atoms with Crippen molar-refractivity contribution in [1.29, 1.82) is 0 Å². The zero-order valence-electron chi connectivity index (χ0n) is 17.5. The Balaban J connectivity index is 1.43. The molecule has 0 amide bonds. The zero-order chi connectivity index (χ0) is 19.1. The molecule has 1 unspecified atom stereocenters. The predicted molar refractivity (Wildman–Crippen MR) is 107 cm³/mol. The molecule has 0 aromatic carbocycles. The van der Waals surface area contributed by atoms with Gasteiger partial charge in [-0.25, -0.2) is 0 Å². The number of hydrogen-bond donors (Lipinski definition) is 1. The number of fused-ring (bicyclic) bond motifs is 5. The quantitative estimate of drug-likeness (QED) is 0.519. The maximum absolute atomic E-state index is 12.7. The number of ether oxygens (including phenoxy) is 1. The van der Waals surface area contributed by atoms with Crippen molar-refractivity contribution in [3.8, 4) is 0 Å². The summed E-state index contributed by atoms with van der Waals surface area (Å²) in [5.41, 5.74) is 0.930. The molecule has 3 heteroatoms. The van der Waals surface area contributed by atoms with Gasteiger partial charge in [0, 0.05) is 6.61 Å². The van der Waals surface area contributed by atoms with E-state index in [0.717, 1.165) is 49.4 Å². The van der Waals surface area contributed by atoms with Crippen LogP contribution in [0.25, 0.3) is 0 Å². The van der Waals surface area contributed by atoms with Crippen LogP contribution in [0.15, 0.2) is 0 Å². The average Bonchev–Trinajstić information content (AvgIpc) is 3.02. The van der Waals surface area contributed by atoms with Crippen molar-refractivity contribution in [1.82, 2.24) is 0 Å². The van der Waals surface area contributed by atoms with Crippen molar-refractivity contribution >= 4 is 5.97 Å². The molecule has 0 saturated heterocycles. The summed E-state index contributed by atoms with van der Waals surface area (Å²) >= 11 is 0. The van der Waals surface area contributed by atoms with Gasteiger partial charge in [0.25, 0.3) is 0 Å². The Bertz CT molecular complexity index is 546. The summed E-state index contributed by atoms with van der Waals surface area (Å²) in [6.07, 6.45) is 14.9. The van der Waals surface area contributed by atoms with E-state index in [0.29, 0.717) is 17.4 Å². The number of aliphatic hydroxyl groups is 1. The first-order chi connectivity index (χ1) is 13.0. The van der Waals surface area contributed by atoms with E-state index >= 15 is 0 Å². The standard InChI is InChI=1S/C24H40O3/c1-23-12-10-20-19(9-8-18-7-3-4-11-24(18,20)2)21(23)15-17(16-23)22(26)27-14-6-5-13-25/h17-21,25H,3-16H2,1-2H3/t17-,18?,19-,20+,21+,23-,24+/m1/s1. The summed E-state index contributed by atoms with van der Waals surface area (Å²) in [6, 6.07) is 0. The fourth-order valence-corrected chi connectivity index (χ4v) is 8.04. The van der Waals surface area contributed by atoms with Crippen molar-refractivity contribution in [3.05, 3.63) is 0 Å². The van der Waals surface area contributed by atoms with Crippen LogP contribution in [0.3, 0.4) is 0 Å². The minimum absolute atomic E-state index is 0.0395. The van der Waals surface area contributed by atoms with Gasteiger partial charge in [-0.15, -0.1) is 0 Å². The zero-order valence-corrected chi connectivity index (χ0v) is 17.5. The molecule has 4 aliphatic rings. The first-order valence-corrected chi connectivity index (χ1v) is 11.8. The molecular weight excluding hydrogens is 336 g/mol. The number of esters is 1. The molecule has 0 aromatic rings. The minimum atomic E-state index is 0.0395. The van der Waals surface area contributed by atoms with Crippen molar-refractivity contribution in [2.24, 2.45) is 40.4 Å². The lowest BCUT2D eigenvalue weighted by Gasteiger charge is -2.60. The fraction of sp³-hybridized carbons (Fsp3) is 0.958. The maximum atomic E-state index is 12.7. The van der Waals surface area contributed by atoms with E-state index in [1.54, 1.807) is 0 Å². The molecule has 0 aliphatic heterocycles. The van der Waals surface area contributed by atoms with Gasteiger partial charge in [0.1, 0.15) is 0 Å². The molecule has 4 saturated carbocycles. The van der Waals surface area contributed by atoms with Crippen LogP contribution in [-0.4, -0.2) is 24.3 Å². The molecule has 0 spiro atoms. The van der Waals surface area contributed by atoms with E-state index in [1.807, 2.05) is 0 Å². The summed E-state index contributed by atoms with van der Waals surface area (Å²) in [4.78, 5) is 12.7. The summed E-state index contributed by atoms with van der Waals surface area (Å²) < 4.78 is 5.57. The highest BCUT2D eigenvalue weighted by molar-refractivity contribution is 5.73. The Morgan fingerprint density at radius 2 is 1.89 bits per heavy atom. The first-order valence-electron chi connectivity index (χ1n) is 11.8. The molecule has 1 N–H and O–H groups in total. The molecule has 4 rings (SSSR count). The van der Waals surface area contributed by atoms with Gasteiger partial charge in [-0.2, -0.15) is 0 Å². The molecule has 27 heavy (non-hydrogen) atoms. The van der Waals surface area contributed by atoms with Crippen LogP contribution in [0.5, 0.6) is 0 Å². The van der Waals surface area contributed by atoms with E-state index in [9.17, 15) is 4.79 Å². The van der Waals surface area contributed by atoms with Gasteiger partial charge >= 0.3 is 5.97 Å². The molecule has 4 aliphatic carbocycles. The number of rotatable bonds is 5. The highest BCUT2D eigenvalue weighted by Gasteiger charge is 2.59. The average molecular weight is 377 g/mol. The molecule has 3 nitrogen and oxygen atoms in total. The van der Waals surface area contributed by atoms with Crippen LogP contribution >= 0.6 is 0 Å². The maximum Gasteiger partial charge on any atom is 0.308 e. The van der Waals surface area contributed by atoms with Crippen LogP contribution < -0.4 is 0 Å². The SMILES string of the molecule is C[C@]12CC[C@H]3[C@@H](CCC4CCCC[C@@]43C)[C@@H]1C[C@@H](C(=O)OCCCCO)C2. The van der Waals surface area contributed by atoms with Crippen molar-refractivity contribution in [2.75, 3.05) is 13.2 Å². The van der Waals surface area contributed by atoms with E-state index < -0.39 is 0 Å². The van der Waals surface area contributed by atoms with E-state index in [-0.39, 0.29) is 18.5 Å². The van der Waals surface area contributed by atoms with E-state index in [4.69, 9.17) is 9.84 Å². The largest absolute Gasteiger partial charge is 0.465 e. The second-order valence-electron chi connectivity index (χ2n) is 10.8. The third-order valence-corrected chi connectivity index (χ3v) is 9.48. The molecule has 4 fully saturated rings. The second-order valence-corrected chi connectivity index (χ2v) is 10.8. The Kier molecular flexibility index (Phi) is 5.62. The smallest absolute Gasteiger partial charge is 0.308 e. The Morgan fingerprint density at radius 1 is 1.04 bits per heavy atom. The molecule has 0 radical (unpaired) electrons. The topological polar surface area (TPSA) is 46.5 Å². The van der Waals surface area contributed by atoms with Gasteiger partial charge in [0.15, 0.2) is 0 Å². The lowest BCUT2D eigenvalue weighted by molar-refractivity contribution is -0.148. The van der Waals surface area contributed by atoms with Crippen LogP contribution in [-0.2, 0) is 9.53 Å². The molecule has 0 bridgehead atoms. The molecular formula is C24H40O3. The van der Waals surface area contributed by atoms with Crippen molar-refractivity contribution < 1.29 is 14.6 Å². The van der Waals surface area contributed by atoms with Gasteiger partial charge in [-0.3, -0.25) is 4.79 Å². The molecule has 0 aromatic heterocycles. The Hall–Kier alpha value is -0.570. The highest BCUT2D eigenvalue weighted by Crippen LogP contribution is 2.67.